The maximum absolute atomic E-state index is 12.1. The van der Waals surface area contributed by atoms with Gasteiger partial charge in [-0.2, -0.15) is 0 Å². The second-order valence-corrected chi connectivity index (χ2v) is 4.12. The van der Waals surface area contributed by atoms with Crippen LogP contribution in [-0.2, 0) is 0 Å². The minimum Gasteiger partial charge on any atom is -0.481 e. The van der Waals surface area contributed by atoms with Crippen molar-refractivity contribution in [1.29, 1.82) is 0 Å². The molecule has 3 N–H and O–H groups in total. The number of aryl methyl sites for hydroxylation is 1. The first kappa shape index (κ1) is 12.9. The summed E-state index contributed by atoms with van der Waals surface area (Å²) in [5.74, 6) is 0.287. The molecule has 19 heavy (non-hydrogen) atoms. The van der Waals surface area contributed by atoms with Gasteiger partial charge in [0, 0.05) is 17.3 Å². The van der Waals surface area contributed by atoms with Crippen LogP contribution in [0, 0.1) is 6.92 Å². The number of rotatable bonds is 3. The van der Waals surface area contributed by atoms with E-state index in [1.165, 1.54) is 7.11 Å². The van der Waals surface area contributed by atoms with Crippen molar-refractivity contribution in [3.8, 4) is 5.88 Å². The average Bonchev–Trinajstić information content (AvgIpc) is 2.42. The number of nitrogens with one attached hydrogen (secondary N) is 1. The Labute approximate surface area is 111 Å². The molecule has 0 aliphatic carbocycles. The van der Waals surface area contributed by atoms with Gasteiger partial charge in [-0.25, -0.2) is 4.98 Å². The van der Waals surface area contributed by atoms with Crippen molar-refractivity contribution in [2.45, 2.75) is 6.92 Å². The van der Waals surface area contributed by atoms with E-state index in [9.17, 15) is 4.79 Å². The number of methoxy groups -OCH3 is 1. The molecule has 98 valence electrons. The van der Waals surface area contributed by atoms with Gasteiger partial charge in [0.1, 0.15) is 0 Å². The molecule has 0 radical (unpaired) electrons. The average molecular weight is 257 g/mol. The van der Waals surface area contributed by atoms with Crippen molar-refractivity contribution >= 4 is 17.3 Å². The summed E-state index contributed by atoms with van der Waals surface area (Å²) >= 11 is 0. The van der Waals surface area contributed by atoms with Crippen LogP contribution in [-0.4, -0.2) is 18.0 Å². The minimum atomic E-state index is -0.211. The van der Waals surface area contributed by atoms with Crippen LogP contribution in [0.4, 0.5) is 11.4 Å². The fraction of sp³-hybridized carbons (Fsp3) is 0.143. The summed E-state index contributed by atoms with van der Waals surface area (Å²) < 4.78 is 4.95. The van der Waals surface area contributed by atoms with Crippen molar-refractivity contribution in [1.82, 2.24) is 4.98 Å². The Bertz CT molecular complexity index is 594. The maximum atomic E-state index is 12.1. The van der Waals surface area contributed by atoms with Gasteiger partial charge in [0.05, 0.1) is 19.0 Å². The highest BCUT2D eigenvalue weighted by Crippen LogP contribution is 2.16. The van der Waals surface area contributed by atoms with Crippen molar-refractivity contribution in [3.05, 3.63) is 47.7 Å². The summed E-state index contributed by atoms with van der Waals surface area (Å²) in [4.78, 5) is 16.1. The molecule has 1 heterocycles. The molecule has 1 aromatic carbocycles. The number of nitrogen functional groups attached to an aromatic ring is 1. The molecule has 2 aromatic rings. The van der Waals surface area contributed by atoms with Gasteiger partial charge in [0.2, 0.25) is 5.88 Å². The number of ether oxygens (including phenoxy) is 1. The summed E-state index contributed by atoms with van der Waals surface area (Å²) in [6.07, 6.45) is 1.54. The number of carbonyl (C=O) groups excluding carboxylic acids is 1. The predicted molar refractivity (Wildman–Crippen MR) is 74.3 cm³/mol. The second kappa shape index (κ2) is 5.39. The van der Waals surface area contributed by atoms with E-state index in [1.54, 1.807) is 30.5 Å². The van der Waals surface area contributed by atoms with Crippen molar-refractivity contribution in [2.75, 3.05) is 18.2 Å². The largest absolute Gasteiger partial charge is 0.481 e. The number of nitrogens with zero attached hydrogens (tertiary/aromatic N) is 1. The standard InChI is InChI=1S/C14H15N3O2/c1-9-3-4-10(15)7-12(9)14(18)17-11-5-6-13(19-2)16-8-11/h3-8H,15H2,1-2H3,(H,17,18). The summed E-state index contributed by atoms with van der Waals surface area (Å²) in [5, 5.41) is 2.77. The van der Waals surface area contributed by atoms with Crippen molar-refractivity contribution in [3.63, 3.8) is 0 Å². The third-order valence-electron chi connectivity index (χ3n) is 2.71. The molecule has 0 saturated heterocycles. The number of nitrogens with two attached hydrogens (primary N) is 1. The highest BCUT2D eigenvalue weighted by Gasteiger charge is 2.10. The lowest BCUT2D eigenvalue weighted by Crippen LogP contribution is -2.13. The fourth-order valence-corrected chi connectivity index (χ4v) is 1.66. The van der Waals surface area contributed by atoms with E-state index in [4.69, 9.17) is 10.5 Å². The maximum Gasteiger partial charge on any atom is 0.256 e. The Balaban J connectivity index is 2.18. The Hall–Kier alpha value is -2.56. The highest BCUT2D eigenvalue weighted by atomic mass is 16.5. The summed E-state index contributed by atoms with van der Waals surface area (Å²) in [6, 6.07) is 8.65. The van der Waals surface area contributed by atoms with Gasteiger partial charge in [-0.3, -0.25) is 4.79 Å². The molecule has 5 heteroatoms. The van der Waals surface area contributed by atoms with Crippen LogP contribution in [0.1, 0.15) is 15.9 Å². The molecule has 0 unspecified atom stereocenters. The number of aromatic nitrogens is 1. The molecule has 0 aliphatic rings. The van der Waals surface area contributed by atoms with Gasteiger partial charge in [-0.1, -0.05) is 6.07 Å². The summed E-state index contributed by atoms with van der Waals surface area (Å²) in [5.41, 5.74) is 8.27. The molecular weight excluding hydrogens is 242 g/mol. The minimum absolute atomic E-state index is 0.211. The topological polar surface area (TPSA) is 77.2 Å². The smallest absolute Gasteiger partial charge is 0.256 e. The normalized spacial score (nSPS) is 10.0. The monoisotopic (exact) mass is 257 g/mol. The molecule has 0 bridgehead atoms. The molecule has 0 fully saturated rings. The number of hydrogen-bond acceptors (Lipinski definition) is 4. The fourth-order valence-electron chi connectivity index (χ4n) is 1.66. The van der Waals surface area contributed by atoms with Gasteiger partial charge >= 0.3 is 0 Å². The zero-order valence-corrected chi connectivity index (χ0v) is 10.8. The van der Waals surface area contributed by atoms with Crippen LogP contribution in [0.2, 0.25) is 0 Å². The zero-order chi connectivity index (χ0) is 13.8. The number of anilines is 2. The van der Waals surface area contributed by atoms with E-state index >= 15 is 0 Å². The van der Waals surface area contributed by atoms with E-state index < -0.39 is 0 Å². The van der Waals surface area contributed by atoms with Crippen molar-refractivity contribution in [2.24, 2.45) is 0 Å². The summed E-state index contributed by atoms with van der Waals surface area (Å²) in [7, 11) is 1.54. The Morgan fingerprint density at radius 1 is 1.32 bits per heavy atom. The molecule has 0 saturated carbocycles. The zero-order valence-electron chi connectivity index (χ0n) is 10.8. The lowest BCUT2D eigenvalue weighted by Gasteiger charge is -2.08. The van der Waals surface area contributed by atoms with E-state index in [-0.39, 0.29) is 5.91 Å². The number of pyridine rings is 1. The SMILES string of the molecule is COc1ccc(NC(=O)c2cc(N)ccc2C)cn1. The molecule has 0 spiro atoms. The first-order chi connectivity index (χ1) is 9.10. The first-order valence-electron chi connectivity index (χ1n) is 5.77. The predicted octanol–water partition coefficient (Wildman–Crippen LogP) is 2.23. The van der Waals surface area contributed by atoms with Gasteiger partial charge in [0.15, 0.2) is 0 Å². The molecule has 1 aromatic heterocycles. The molecule has 1 amide bonds. The quantitative estimate of drug-likeness (QED) is 0.827. The van der Waals surface area contributed by atoms with E-state index in [0.29, 0.717) is 22.8 Å². The Morgan fingerprint density at radius 3 is 2.74 bits per heavy atom. The number of benzene rings is 1. The third kappa shape index (κ3) is 3.01. The lowest BCUT2D eigenvalue weighted by molar-refractivity contribution is 0.102. The van der Waals surface area contributed by atoms with Crippen LogP contribution < -0.4 is 15.8 Å². The third-order valence-corrected chi connectivity index (χ3v) is 2.71. The van der Waals surface area contributed by atoms with Crippen LogP contribution in [0.3, 0.4) is 0 Å². The van der Waals surface area contributed by atoms with Gasteiger partial charge in [-0.15, -0.1) is 0 Å². The van der Waals surface area contributed by atoms with Crippen LogP contribution in [0.25, 0.3) is 0 Å². The van der Waals surface area contributed by atoms with Crippen LogP contribution in [0.15, 0.2) is 36.5 Å². The Kier molecular flexibility index (Phi) is 3.66. The molecule has 5 nitrogen and oxygen atoms in total. The number of amides is 1. The van der Waals surface area contributed by atoms with Crippen LogP contribution >= 0.6 is 0 Å². The van der Waals surface area contributed by atoms with Gasteiger partial charge < -0.3 is 15.8 Å². The molecule has 0 aliphatic heterocycles. The highest BCUT2D eigenvalue weighted by molar-refractivity contribution is 6.05. The second-order valence-electron chi connectivity index (χ2n) is 4.12. The van der Waals surface area contributed by atoms with E-state index in [1.807, 2.05) is 13.0 Å². The molecule has 2 rings (SSSR count). The Morgan fingerprint density at radius 2 is 2.11 bits per heavy atom. The van der Waals surface area contributed by atoms with Gasteiger partial charge in [-0.05, 0) is 30.7 Å². The van der Waals surface area contributed by atoms with E-state index in [2.05, 4.69) is 10.3 Å². The number of hydrogen-bond donors (Lipinski definition) is 2. The molecule has 0 atom stereocenters. The van der Waals surface area contributed by atoms with Gasteiger partial charge in [0.25, 0.3) is 5.91 Å². The van der Waals surface area contributed by atoms with Crippen molar-refractivity contribution < 1.29 is 9.53 Å². The summed E-state index contributed by atoms with van der Waals surface area (Å²) in [6.45, 7) is 1.86. The lowest BCUT2D eigenvalue weighted by atomic mass is 10.1. The first-order valence-corrected chi connectivity index (χ1v) is 5.77. The van der Waals surface area contributed by atoms with Crippen LogP contribution in [0.5, 0.6) is 5.88 Å². The number of carbonyl (C=O) groups is 1. The van der Waals surface area contributed by atoms with E-state index in [0.717, 1.165) is 5.56 Å². The molecular formula is C14H15N3O2.